The van der Waals surface area contributed by atoms with Crippen molar-refractivity contribution in [2.45, 2.75) is 52.0 Å². The average molecular weight is 373 g/mol. The molecule has 0 spiro atoms. The first kappa shape index (κ1) is 20.0. The fourth-order valence-electron chi connectivity index (χ4n) is 3.16. The molecule has 3 rings (SSSR count). The Balaban J connectivity index is 1.82. The molecule has 0 aromatic heterocycles. The van der Waals surface area contributed by atoms with Gasteiger partial charge in [0.05, 0.1) is 11.2 Å². The molecule has 0 atom stereocenters. The summed E-state index contributed by atoms with van der Waals surface area (Å²) in [5, 5.41) is 0. The Labute approximate surface area is 160 Å². The summed E-state index contributed by atoms with van der Waals surface area (Å²) < 4.78 is 40.1. The zero-order valence-corrected chi connectivity index (χ0v) is 16.6. The molecule has 0 radical (unpaired) electrons. The molecule has 1 saturated heterocycles. The van der Waals surface area contributed by atoms with E-state index in [0.29, 0.717) is 24.1 Å². The zero-order chi connectivity index (χ0) is 19.8. The Morgan fingerprint density at radius 2 is 1.48 bits per heavy atom. The van der Waals surface area contributed by atoms with Crippen LogP contribution >= 0.6 is 0 Å². The molecular weight excluding hydrogens is 347 g/mol. The fraction of sp³-hybridized carbons (Fsp3) is 0.429. The van der Waals surface area contributed by atoms with Gasteiger partial charge in [0.1, 0.15) is 11.6 Å². The van der Waals surface area contributed by atoms with E-state index in [9.17, 15) is 8.78 Å². The Hall–Kier alpha value is -1.76. The Bertz CT molecular complexity index is 810. The van der Waals surface area contributed by atoms with Gasteiger partial charge in [0.15, 0.2) is 0 Å². The molecule has 0 N–H and O–H groups in total. The van der Waals surface area contributed by atoms with Crippen molar-refractivity contribution in [2.24, 2.45) is 0 Å². The Kier molecular flexibility index (Phi) is 5.44. The maximum atomic E-state index is 13.9. The van der Waals surface area contributed by atoms with Gasteiger partial charge in [0.25, 0.3) is 0 Å². The number of hydrogen-bond acceptors (Lipinski definition) is 3. The Morgan fingerprint density at radius 3 is 2.11 bits per heavy atom. The summed E-state index contributed by atoms with van der Waals surface area (Å²) in [5.74, 6) is -0.560. The Morgan fingerprint density at radius 1 is 0.889 bits per heavy atom. The van der Waals surface area contributed by atoms with Gasteiger partial charge in [-0.05, 0) is 64.0 Å². The van der Waals surface area contributed by atoms with E-state index in [1.807, 2.05) is 45.7 Å². The standard InChI is InChI=1S/C21H26BF2NO2/c1-20(2)21(3,4)27-22(26-20)18-12-17(23)11-10-15(18)13-25(5)14-16-8-6-7-9-19(16)24/h6-12H,13-14H2,1-5H3. The number of halogens is 2. The van der Waals surface area contributed by atoms with Crippen LogP contribution in [0.25, 0.3) is 0 Å². The lowest BCUT2D eigenvalue weighted by molar-refractivity contribution is 0.00578. The van der Waals surface area contributed by atoms with Gasteiger partial charge < -0.3 is 9.31 Å². The summed E-state index contributed by atoms with van der Waals surface area (Å²) in [5.41, 5.74) is 1.20. The van der Waals surface area contributed by atoms with Crippen LogP contribution in [-0.2, 0) is 22.4 Å². The van der Waals surface area contributed by atoms with E-state index < -0.39 is 18.3 Å². The van der Waals surface area contributed by atoms with Crippen molar-refractivity contribution < 1.29 is 18.1 Å². The maximum Gasteiger partial charge on any atom is 0.495 e. The minimum atomic E-state index is -0.637. The maximum absolute atomic E-state index is 13.9. The van der Waals surface area contributed by atoms with E-state index in [1.165, 1.54) is 18.2 Å². The number of benzene rings is 2. The van der Waals surface area contributed by atoms with Crippen LogP contribution in [0.15, 0.2) is 42.5 Å². The third-order valence-corrected chi connectivity index (χ3v) is 5.45. The quantitative estimate of drug-likeness (QED) is 0.743. The minimum absolute atomic E-state index is 0.227. The van der Waals surface area contributed by atoms with Crippen molar-refractivity contribution in [3.05, 3.63) is 65.2 Å². The molecule has 0 bridgehead atoms. The van der Waals surface area contributed by atoms with Crippen molar-refractivity contribution in [3.8, 4) is 0 Å². The SMILES string of the molecule is CN(Cc1ccccc1F)Cc1ccc(F)cc1B1OC(C)(C)C(C)(C)O1. The second kappa shape index (κ2) is 7.34. The van der Waals surface area contributed by atoms with Crippen LogP contribution in [-0.4, -0.2) is 30.3 Å². The van der Waals surface area contributed by atoms with E-state index in [4.69, 9.17) is 9.31 Å². The third-order valence-electron chi connectivity index (χ3n) is 5.45. The molecule has 0 amide bonds. The highest BCUT2D eigenvalue weighted by atomic mass is 19.1. The molecule has 2 aromatic carbocycles. The van der Waals surface area contributed by atoms with Gasteiger partial charge in [-0.3, -0.25) is 4.90 Å². The van der Waals surface area contributed by atoms with Gasteiger partial charge in [-0.1, -0.05) is 24.3 Å². The molecule has 1 aliphatic rings. The highest BCUT2D eigenvalue weighted by Gasteiger charge is 2.52. The van der Waals surface area contributed by atoms with E-state index in [1.54, 1.807) is 18.2 Å². The molecule has 0 saturated carbocycles. The van der Waals surface area contributed by atoms with Crippen LogP contribution in [0.2, 0.25) is 0 Å². The largest absolute Gasteiger partial charge is 0.495 e. The molecule has 1 aliphatic heterocycles. The first-order chi connectivity index (χ1) is 12.6. The molecule has 0 aliphatic carbocycles. The smallest absolute Gasteiger partial charge is 0.399 e. The molecule has 3 nitrogen and oxygen atoms in total. The number of rotatable bonds is 5. The van der Waals surface area contributed by atoms with Crippen LogP contribution in [0.5, 0.6) is 0 Å². The lowest BCUT2D eigenvalue weighted by atomic mass is 9.75. The summed E-state index contributed by atoms with van der Waals surface area (Å²) in [7, 11) is 1.27. The van der Waals surface area contributed by atoms with Crippen LogP contribution in [0.1, 0.15) is 38.8 Å². The predicted molar refractivity (Wildman–Crippen MR) is 104 cm³/mol. The van der Waals surface area contributed by atoms with Crippen molar-refractivity contribution in [3.63, 3.8) is 0 Å². The van der Waals surface area contributed by atoms with Crippen LogP contribution in [0.4, 0.5) is 8.78 Å². The van der Waals surface area contributed by atoms with Crippen LogP contribution < -0.4 is 5.46 Å². The highest BCUT2D eigenvalue weighted by Crippen LogP contribution is 2.36. The average Bonchev–Trinajstić information content (AvgIpc) is 2.79. The van der Waals surface area contributed by atoms with Gasteiger partial charge in [-0.15, -0.1) is 0 Å². The van der Waals surface area contributed by atoms with Crippen molar-refractivity contribution in [1.82, 2.24) is 4.90 Å². The lowest BCUT2D eigenvalue weighted by Gasteiger charge is -2.32. The van der Waals surface area contributed by atoms with E-state index >= 15 is 0 Å². The number of hydrogen-bond donors (Lipinski definition) is 0. The van der Waals surface area contributed by atoms with Gasteiger partial charge in [-0.25, -0.2) is 8.78 Å². The van der Waals surface area contributed by atoms with E-state index in [2.05, 4.69) is 0 Å². The van der Waals surface area contributed by atoms with Crippen molar-refractivity contribution >= 4 is 12.6 Å². The van der Waals surface area contributed by atoms with Gasteiger partial charge in [0, 0.05) is 18.7 Å². The summed E-state index contributed by atoms with van der Waals surface area (Å²) >= 11 is 0. The molecule has 1 fully saturated rings. The second-order valence-corrected chi connectivity index (χ2v) is 8.20. The molecule has 0 unspecified atom stereocenters. The summed E-state index contributed by atoms with van der Waals surface area (Å²) in [6, 6.07) is 11.4. The zero-order valence-electron chi connectivity index (χ0n) is 16.6. The monoisotopic (exact) mass is 373 g/mol. The molecule has 6 heteroatoms. The molecular formula is C21H26BF2NO2. The van der Waals surface area contributed by atoms with Gasteiger partial charge in [-0.2, -0.15) is 0 Å². The molecule has 1 heterocycles. The van der Waals surface area contributed by atoms with Crippen molar-refractivity contribution in [2.75, 3.05) is 7.05 Å². The molecule has 27 heavy (non-hydrogen) atoms. The first-order valence-corrected chi connectivity index (χ1v) is 9.15. The fourth-order valence-corrected chi connectivity index (χ4v) is 3.16. The first-order valence-electron chi connectivity index (χ1n) is 9.15. The normalized spacial score (nSPS) is 18.3. The predicted octanol–water partition coefficient (Wildman–Crippen LogP) is 3.90. The minimum Gasteiger partial charge on any atom is -0.399 e. The molecule has 2 aromatic rings. The van der Waals surface area contributed by atoms with Gasteiger partial charge >= 0.3 is 7.12 Å². The van der Waals surface area contributed by atoms with E-state index in [-0.39, 0.29) is 11.6 Å². The second-order valence-electron chi connectivity index (χ2n) is 8.20. The van der Waals surface area contributed by atoms with Crippen molar-refractivity contribution in [1.29, 1.82) is 0 Å². The summed E-state index contributed by atoms with van der Waals surface area (Å²) in [4.78, 5) is 1.99. The summed E-state index contributed by atoms with van der Waals surface area (Å²) in [6.45, 7) is 8.85. The number of nitrogens with zero attached hydrogens (tertiary/aromatic N) is 1. The van der Waals surface area contributed by atoms with E-state index in [0.717, 1.165) is 5.56 Å². The van der Waals surface area contributed by atoms with Crippen LogP contribution in [0, 0.1) is 11.6 Å². The summed E-state index contributed by atoms with van der Waals surface area (Å²) in [6.07, 6.45) is 0. The highest BCUT2D eigenvalue weighted by molar-refractivity contribution is 6.62. The van der Waals surface area contributed by atoms with Crippen LogP contribution in [0.3, 0.4) is 0 Å². The topological polar surface area (TPSA) is 21.7 Å². The lowest BCUT2D eigenvalue weighted by Crippen LogP contribution is -2.41. The van der Waals surface area contributed by atoms with Gasteiger partial charge in [0.2, 0.25) is 0 Å². The third kappa shape index (κ3) is 4.23. The molecule has 144 valence electrons.